The van der Waals surface area contributed by atoms with Crippen LogP contribution in [0.25, 0.3) is 0 Å². The predicted molar refractivity (Wildman–Crippen MR) is 79.0 cm³/mol. The highest BCUT2D eigenvalue weighted by atomic mass is 16.8. The fourth-order valence-corrected chi connectivity index (χ4v) is 2.05. The van der Waals surface area contributed by atoms with Gasteiger partial charge < -0.3 is 30.6 Å². The lowest BCUT2D eigenvalue weighted by atomic mass is 10.1. The SMILES string of the molecule is O=C(c1ccc(Cn2cnccc2=O)cc1)N(C(O)(O)O)C(O)(O)O. The van der Waals surface area contributed by atoms with Gasteiger partial charge in [0, 0.05) is 17.8 Å². The molecule has 0 saturated heterocycles. The van der Waals surface area contributed by atoms with Crippen molar-refractivity contribution in [2.45, 2.75) is 18.7 Å². The van der Waals surface area contributed by atoms with Crippen molar-refractivity contribution in [3.05, 3.63) is 64.3 Å². The van der Waals surface area contributed by atoms with E-state index in [9.17, 15) is 9.59 Å². The normalized spacial score (nSPS) is 12.1. The minimum Gasteiger partial charge on any atom is -0.325 e. The first-order valence-corrected chi connectivity index (χ1v) is 6.78. The van der Waals surface area contributed by atoms with E-state index in [1.807, 2.05) is 0 Å². The van der Waals surface area contributed by atoms with E-state index in [0.717, 1.165) is 12.1 Å². The molecular formula is C14H15N3O8. The second kappa shape index (κ2) is 6.68. The zero-order chi connectivity index (χ0) is 18.8. The molecular weight excluding hydrogens is 338 g/mol. The molecule has 6 N–H and O–H groups in total. The average Bonchev–Trinajstić information content (AvgIpc) is 2.47. The molecule has 0 aliphatic rings. The predicted octanol–water partition coefficient (Wildman–Crippen LogP) is -3.09. The molecule has 11 heteroatoms. The Bertz CT molecular complexity index is 790. The van der Waals surface area contributed by atoms with Gasteiger partial charge in [-0.05, 0) is 17.7 Å². The summed E-state index contributed by atoms with van der Waals surface area (Å²) in [4.78, 5) is 26.7. The second-order valence-electron chi connectivity index (χ2n) is 5.08. The minimum absolute atomic E-state index is 0.138. The molecule has 1 heterocycles. The summed E-state index contributed by atoms with van der Waals surface area (Å²) in [5.74, 6) is -1.50. The summed E-state index contributed by atoms with van der Waals surface area (Å²) in [5, 5.41) is 54.1. The Morgan fingerprint density at radius 3 is 2.04 bits per heavy atom. The first-order valence-electron chi connectivity index (χ1n) is 6.78. The van der Waals surface area contributed by atoms with Crippen LogP contribution in [0.2, 0.25) is 0 Å². The van der Waals surface area contributed by atoms with Crippen LogP contribution < -0.4 is 5.56 Å². The van der Waals surface area contributed by atoms with E-state index in [-0.39, 0.29) is 17.7 Å². The van der Waals surface area contributed by atoms with Gasteiger partial charge in [-0.2, -0.15) is 4.90 Å². The number of aliphatic hydroxyl groups is 6. The monoisotopic (exact) mass is 353 g/mol. The molecule has 1 amide bonds. The van der Waals surface area contributed by atoms with E-state index in [4.69, 9.17) is 30.6 Å². The highest BCUT2D eigenvalue weighted by Gasteiger charge is 2.48. The molecule has 1 aromatic carbocycles. The molecule has 0 aliphatic carbocycles. The maximum absolute atomic E-state index is 12.1. The summed E-state index contributed by atoms with van der Waals surface area (Å²) < 4.78 is 1.30. The molecule has 25 heavy (non-hydrogen) atoms. The third kappa shape index (κ3) is 4.45. The van der Waals surface area contributed by atoms with E-state index >= 15 is 0 Å². The Morgan fingerprint density at radius 1 is 1.00 bits per heavy atom. The van der Waals surface area contributed by atoms with E-state index in [0.29, 0.717) is 5.56 Å². The Hall–Kier alpha value is -2.67. The van der Waals surface area contributed by atoms with Crippen molar-refractivity contribution in [3.8, 4) is 0 Å². The van der Waals surface area contributed by atoms with Gasteiger partial charge in [0.05, 0.1) is 12.9 Å². The Labute approximate surface area is 139 Å². The zero-order valence-electron chi connectivity index (χ0n) is 12.6. The van der Waals surface area contributed by atoms with Crippen LogP contribution in [0.1, 0.15) is 15.9 Å². The van der Waals surface area contributed by atoms with Gasteiger partial charge in [-0.15, -0.1) is 0 Å². The summed E-state index contributed by atoms with van der Waals surface area (Å²) in [7, 11) is 0. The first kappa shape index (κ1) is 18.7. The zero-order valence-corrected chi connectivity index (χ0v) is 12.6. The molecule has 2 rings (SSSR count). The lowest BCUT2D eigenvalue weighted by molar-refractivity contribution is -0.491. The summed E-state index contributed by atoms with van der Waals surface area (Å²) in [6.07, 6.45) is -5.41. The number of amides is 1. The van der Waals surface area contributed by atoms with E-state index in [2.05, 4.69) is 4.98 Å². The third-order valence-electron chi connectivity index (χ3n) is 3.15. The standard InChI is InChI=1S/C14H15N3O8/c18-11-5-6-15-8-16(11)7-9-1-3-10(4-2-9)12(19)17(13(20,21)22)14(23,24)25/h1-6,8,20-25H,7H2. The Morgan fingerprint density at radius 2 is 1.56 bits per heavy atom. The Balaban J connectivity index is 2.25. The first-order chi connectivity index (χ1) is 11.5. The van der Waals surface area contributed by atoms with Gasteiger partial charge >= 0.3 is 12.2 Å². The maximum atomic E-state index is 12.1. The minimum atomic E-state index is -4.03. The lowest BCUT2D eigenvalue weighted by Gasteiger charge is -2.35. The number of benzene rings is 1. The van der Waals surface area contributed by atoms with E-state index in [1.165, 1.54) is 35.3 Å². The smallest absolute Gasteiger partial charge is 0.325 e. The maximum Gasteiger partial charge on any atom is 0.378 e. The molecule has 0 aliphatic heterocycles. The van der Waals surface area contributed by atoms with Crippen LogP contribution in [-0.4, -0.2) is 63.2 Å². The van der Waals surface area contributed by atoms with Gasteiger partial charge in [0.2, 0.25) is 0 Å². The van der Waals surface area contributed by atoms with E-state index in [1.54, 1.807) is 0 Å². The molecule has 11 nitrogen and oxygen atoms in total. The Kier molecular flexibility index (Phi) is 4.99. The van der Waals surface area contributed by atoms with Crippen LogP contribution in [0.3, 0.4) is 0 Å². The van der Waals surface area contributed by atoms with Crippen molar-refractivity contribution < 1.29 is 35.4 Å². The van der Waals surface area contributed by atoms with Crippen LogP contribution in [0, 0.1) is 0 Å². The molecule has 2 aromatic rings. The number of hydrogen-bond donors (Lipinski definition) is 6. The molecule has 0 bridgehead atoms. The largest absolute Gasteiger partial charge is 0.378 e. The molecule has 0 unspecified atom stereocenters. The summed E-state index contributed by atoms with van der Waals surface area (Å²) >= 11 is 0. The fourth-order valence-electron chi connectivity index (χ4n) is 2.05. The van der Waals surface area contributed by atoms with Crippen LogP contribution in [-0.2, 0) is 6.54 Å². The summed E-state index contributed by atoms with van der Waals surface area (Å²) in [6.45, 7) is 0.138. The number of aromatic nitrogens is 2. The van der Waals surface area contributed by atoms with Gasteiger partial charge in [0.25, 0.3) is 11.5 Å². The second-order valence-corrected chi connectivity index (χ2v) is 5.08. The van der Waals surface area contributed by atoms with Crippen LogP contribution in [0.15, 0.2) is 47.7 Å². The van der Waals surface area contributed by atoms with Crippen molar-refractivity contribution in [2.75, 3.05) is 0 Å². The van der Waals surface area contributed by atoms with Gasteiger partial charge in [-0.25, -0.2) is 4.98 Å². The van der Waals surface area contributed by atoms with E-state index < -0.39 is 23.0 Å². The van der Waals surface area contributed by atoms with Crippen molar-refractivity contribution in [3.63, 3.8) is 0 Å². The quantitative estimate of drug-likeness (QED) is 0.304. The van der Waals surface area contributed by atoms with Crippen molar-refractivity contribution in [2.24, 2.45) is 0 Å². The van der Waals surface area contributed by atoms with Gasteiger partial charge in [0.1, 0.15) is 0 Å². The van der Waals surface area contributed by atoms with Crippen molar-refractivity contribution in [1.29, 1.82) is 0 Å². The number of carbonyl (C=O) groups excluding carboxylic acids is 1. The molecule has 0 spiro atoms. The van der Waals surface area contributed by atoms with Crippen LogP contribution in [0.5, 0.6) is 0 Å². The molecule has 134 valence electrons. The van der Waals surface area contributed by atoms with Crippen molar-refractivity contribution >= 4 is 5.91 Å². The van der Waals surface area contributed by atoms with Crippen LogP contribution >= 0.6 is 0 Å². The topological polar surface area (TPSA) is 177 Å². The van der Waals surface area contributed by atoms with Gasteiger partial charge in [-0.3, -0.25) is 14.2 Å². The van der Waals surface area contributed by atoms with Gasteiger partial charge in [-0.1, -0.05) is 12.1 Å². The summed E-state index contributed by atoms with van der Waals surface area (Å²) in [6, 6.07) is 6.37. The molecule has 1 aromatic heterocycles. The van der Waals surface area contributed by atoms with Crippen molar-refractivity contribution in [1.82, 2.24) is 14.5 Å². The summed E-state index contributed by atoms with van der Waals surface area (Å²) in [5.41, 5.74) is -0.0346. The highest BCUT2D eigenvalue weighted by molar-refractivity contribution is 5.94. The number of rotatable bonds is 5. The number of hydrogen-bond acceptors (Lipinski definition) is 9. The number of carbonyl (C=O) groups is 1. The molecule has 0 atom stereocenters. The molecule has 0 radical (unpaired) electrons. The average molecular weight is 353 g/mol. The van der Waals surface area contributed by atoms with Gasteiger partial charge in [0.15, 0.2) is 0 Å². The lowest BCUT2D eigenvalue weighted by Crippen LogP contribution is -2.63. The molecule has 0 fully saturated rings. The molecule has 0 saturated carbocycles. The fraction of sp³-hybridized carbons (Fsp3) is 0.214. The third-order valence-corrected chi connectivity index (χ3v) is 3.15. The van der Waals surface area contributed by atoms with Crippen LogP contribution in [0.4, 0.5) is 0 Å². The highest BCUT2D eigenvalue weighted by Crippen LogP contribution is 2.19. The number of nitrogens with zero attached hydrogens (tertiary/aromatic N) is 3.